The van der Waals surface area contributed by atoms with Gasteiger partial charge < -0.3 is 14.4 Å². The van der Waals surface area contributed by atoms with Gasteiger partial charge in [-0.3, -0.25) is 4.79 Å². The van der Waals surface area contributed by atoms with Crippen LogP contribution in [0.15, 0.2) is 12.1 Å². The van der Waals surface area contributed by atoms with Crippen molar-refractivity contribution >= 4 is 35.1 Å². The van der Waals surface area contributed by atoms with E-state index in [2.05, 4.69) is 0 Å². The smallest absolute Gasteiger partial charge is 0.409 e. The number of carbonyl (C=O) groups excluding carboxylic acids is 2. The Bertz CT molecular complexity index is 654. The number of Topliss-reactive ketones (excluding diaryl/α,β-unsaturated/α-hetero) is 1. The zero-order valence-electron chi connectivity index (χ0n) is 12.7. The van der Waals surface area contributed by atoms with Crippen molar-refractivity contribution in [3.05, 3.63) is 27.7 Å². The van der Waals surface area contributed by atoms with Crippen LogP contribution in [-0.2, 0) is 4.74 Å². The Balaban J connectivity index is 1.79. The standard InChI is InChI=1S/C16H17Cl2NO4/c1-2-22-15(21)19-5-3-16(4-6-19)9-13(20)11-7-10(17)8-12(18)14(11)23-16/h7-8H,2-6,9H2,1H3. The summed E-state index contributed by atoms with van der Waals surface area (Å²) in [4.78, 5) is 25.9. The van der Waals surface area contributed by atoms with Crippen LogP contribution < -0.4 is 4.74 Å². The molecule has 0 N–H and O–H groups in total. The lowest BCUT2D eigenvalue weighted by atomic mass is 9.82. The van der Waals surface area contributed by atoms with Gasteiger partial charge in [0.2, 0.25) is 0 Å². The van der Waals surface area contributed by atoms with Crippen LogP contribution in [0, 0.1) is 0 Å². The summed E-state index contributed by atoms with van der Waals surface area (Å²) in [5.41, 5.74) is -0.175. The second kappa shape index (κ2) is 6.21. The van der Waals surface area contributed by atoms with E-state index < -0.39 is 5.60 Å². The highest BCUT2D eigenvalue weighted by molar-refractivity contribution is 6.36. The average Bonchev–Trinajstić information content (AvgIpc) is 2.50. The van der Waals surface area contributed by atoms with Crippen molar-refractivity contribution in [2.75, 3.05) is 19.7 Å². The van der Waals surface area contributed by atoms with Crippen LogP contribution in [0.2, 0.25) is 10.0 Å². The summed E-state index contributed by atoms with van der Waals surface area (Å²) in [5.74, 6) is 0.372. The first-order valence-electron chi connectivity index (χ1n) is 7.57. The van der Waals surface area contributed by atoms with Crippen molar-refractivity contribution in [3.8, 4) is 5.75 Å². The lowest BCUT2D eigenvalue weighted by molar-refractivity contribution is -0.00853. The fourth-order valence-electron chi connectivity index (χ4n) is 3.10. The molecule has 2 aliphatic rings. The minimum Gasteiger partial charge on any atom is -0.484 e. The topological polar surface area (TPSA) is 55.8 Å². The van der Waals surface area contributed by atoms with Crippen LogP contribution in [0.4, 0.5) is 4.79 Å². The maximum atomic E-state index is 12.5. The van der Waals surface area contributed by atoms with E-state index in [1.807, 2.05) is 0 Å². The van der Waals surface area contributed by atoms with Gasteiger partial charge in [-0.15, -0.1) is 0 Å². The first-order chi connectivity index (χ1) is 10.9. The summed E-state index contributed by atoms with van der Waals surface area (Å²) in [7, 11) is 0. The maximum Gasteiger partial charge on any atom is 0.409 e. The van der Waals surface area contributed by atoms with E-state index in [0.717, 1.165) is 0 Å². The molecule has 0 radical (unpaired) electrons. The van der Waals surface area contributed by atoms with Crippen LogP contribution in [0.5, 0.6) is 5.75 Å². The third-order valence-electron chi connectivity index (χ3n) is 4.31. The first-order valence-corrected chi connectivity index (χ1v) is 8.33. The van der Waals surface area contributed by atoms with Crippen molar-refractivity contribution in [2.45, 2.75) is 31.8 Å². The molecule has 2 aliphatic heterocycles. The third kappa shape index (κ3) is 3.12. The van der Waals surface area contributed by atoms with Gasteiger partial charge in [0.15, 0.2) is 5.78 Å². The molecule has 1 saturated heterocycles. The van der Waals surface area contributed by atoms with Gasteiger partial charge in [0, 0.05) is 31.0 Å². The molecule has 0 saturated carbocycles. The van der Waals surface area contributed by atoms with Crippen molar-refractivity contribution in [1.82, 2.24) is 4.90 Å². The molecule has 0 atom stereocenters. The van der Waals surface area contributed by atoms with Crippen LogP contribution in [-0.4, -0.2) is 42.1 Å². The minimum atomic E-state index is -0.607. The summed E-state index contributed by atoms with van der Waals surface area (Å²) in [5, 5.41) is 0.756. The lowest BCUT2D eigenvalue weighted by Gasteiger charge is -2.43. The maximum absolute atomic E-state index is 12.5. The molecule has 7 heteroatoms. The zero-order valence-corrected chi connectivity index (χ0v) is 14.2. The molecular formula is C16H17Cl2NO4. The Morgan fingerprint density at radius 2 is 2.04 bits per heavy atom. The van der Waals surface area contributed by atoms with Gasteiger partial charge >= 0.3 is 6.09 Å². The zero-order chi connectivity index (χ0) is 16.6. The van der Waals surface area contributed by atoms with E-state index in [1.165, 1.54) is 0 Å². The molecule has 1 aromatic rings. The number of ketones is 1. The number of rotatable bonds is 1. The van der Waals surface area contributed by atoms with Gasteiger partial charge in [-0.05, 0) is 19.1 Å². The van der Waals surface area contributed by atoms with E-state index in [4.69, 9.17) is 32.7 Å². The van der Waals surface area contributed by atoms with Crippen molar-refractivity contribution < 1.29 is 19.1 Å². The number of hydrogen-bond donors (Lipinski definition) is 0. The number of halogens is 2. The van der Waals surface area contributed by atoms with Crippen molar-refractivity contribution in [1.29, 1.82) is 0 Å². The number of nitrogens with zero attached hydrogens (tertiary/aromatic N) is 1. The number of piperidine rings is 1. The average molecular weight is 358 g/mol. The predicted molar refractivity (Wildman–Crippen MR) is 86.6 cm³/mol. The summed E-state index contributed by atoms with van der Waals surface area (Å²) in [6, 6.07) is 3.16. The monoisotopic (exact) mass is 357 g/mol. The van der Waals surface area contributed by atoms with Gasteiger partial charge in [-0.25, -0.2) is 4.79 Å². The summed E-state index contributed by atoms with van der Waals surface area (Å²) < 4.78 is 11.1. The van der Waals surface area contributed by atoms with Crippen LogP contribution in [0.1, 0.15) is 36.5 Å². The third-order valence-corrected chi connectivity index (χ3v) is 4.81. The molecule has 3 rings (SSSR count). The molecule has 2 heterocycles. The Morgan fingerprint density at radius 3 is 2.70 bits per heavy atom. The van der Waals surface area contributed by atoms with Crippen LogP contribution in [0.3, 0.4) is 0 Å². The molecule has 0 unspecified atom stereocenters. The molecule has 5 nitrogen and oxygen atoms in total. The molecule has 0 bridgehead atoms. The Hall–Kier alpha value is -1.46. The number of amides is 1. The summed E-state index contributed by atoms with van der Waals surface area (Å²) in [6.45, 7) is 3.11. The number of fused-ring (bicyclic) bond motifs is 1. The number of carbonyl (C=O) groups is 2. The SMILES string of the molecule is CCOC(=O)N1CCC2(CC1)CC(=O)c1cc(Cl)cc(Cl)c1O2. The molecule has 0 aliphatic carbocycles. The molecule has 0 aromatic heterocycles. The molecular weight excluding hydrogens is 341 g/mol. The minimum absolute atomic E-state index is 0.0276. The second-order valence-electron chi connectivity index (χ2n) is 5.84. The Morgan fingerprint density at radius 1 is 1.35 bits per heavy atom. The fraction of sp³-hybridized carbons (Fsp3) is 0.500. The predicted octanol–water partition coefficient (Wildman–Crippen LogP) is 3.95. The molecule has 23 heavy (non-hydrogen) atoms. The second-order valence-corrected chi connectivity index (χ2v) is 6.68. The van der Waals surface area contributed by atoms with Crippen LogP contribution in [0.25, 0.3) is 0 Å². The van der Waals surface area contributed by atoms with E-state index in [1.54, 1.807) is 24.0 Å². The summed E-state index contributed by atoms with van der Waals surface area (Å²) in [6.07, 6.45) is 1.08. The van der Waals surface area contributed by atoms with Gasteiger partial charge in [0.05, 0.1) is 23.6 Å². The van der Waals surface area contributed by atoms with Crippen molar-refractivity contribution in [2.24, 2.45) is 0 Å². The highest BCUT2D eigenvalue weighted by atomic mass is 35.5. The molecule has 1 aromatic carbocycles. The Kier molecular flexibility index (Phi) is 4.43. The van der Waals surface area contributed by atoms with E-state index in [0.29, 0.717) is 53.9 Å². The quantitative estimate of drug-likeness (QED) is 0.763. The van der Waals surface area contributed by atoms with Crippen LogP contribution >= 0.6 is 23.2 Å². The fourth-order valence-corrected chi connectivity index (χ4v) is 3.63. The van der Waals surface area contributed by atoms with Gasteiger partial charge in [-0.2, -0.15) is 0 Å². The molecule has 1 spiro atoms. The lowest BCUT2D eigenvalue weighted by Crippen LogP contribution is -2.52. The van der Waals surface area contributed by atoms with E-state index >= 15 is 0 Å². The molecule has 124 valence electrons. The number of likely N-dealkylation sites (tertiary alicyclic amines) is 1. The highest BCUT2D eigenvalue weighted by Gasteiger charge is 2.44. The Labute approximate surface area is 144 Å². The van der Waals surface area contributed by atoms with Gasteiger partial charge in [-0.1, -0.05) is 23.2 Å². The van der Waals surface area contributed by atoms with E-state index in [9.17, 15) is 9.59 Å². The number of benzene rings is 1. The summed E-state index contributed by atoms with van der Waals surface area (Å²) >= 11 is 12.1. The molecule has 1 amide bonds. The largest absolute Gasteiger partial charge is 0.484 e. The van der Waals surface area contributed by atoms with Gasteiger partial charge in [0.25, 0.3) is 0 Å². The number of ether oxygens (including phenoxy) is 2. The van der Waals surface area contributed by atoms with Crippen molar-refractivity contribution in [3.63, 3.8) is 0 Å². The molecule has 1 fully saturated rings. The normalized spacial score (nSPS) is 19.3. The number of hydrogen-bond acceptors (Lipinski definition) is 4. The highest BCUT2D eigenvalue weighted by Crippen LogP contribution is 2.44. The first kappa shape index (κ1) is 16.4. The van der Waals surface area contributed by atoms with E-state index in [-0.39, 0.29) is 18.3 Å². The van der Waals surface area contributed by atoms with Gasteiger partial charge in [0.1, 0.15) is 11.4 Å².